The Morgan fingerprint density at radius 2 is 2.12 bits per heavy atom. The number of thiazole rings is 1. The highest BCUT2D eigenvalue weighted by Crippen LogP contribution is 2.22. The maximum Gasteiger partial charge on any atom is 0.289 e. The molecule has 0 aliphatic carbocycles. The summed E-state index contributed by atoms with van der Waals surface area (Å²) in [6.07, 6.45) is 0.864. The maximum atomic E-state index is 12.3. The third-order valence-electron chi connectivity index (χ3n) is 3.36. The van der Waals surface area contributed by atoms with Gasteiger partial charge in [0.15, 0.2) is 4.80 Å². The quantitative estimate of drug-likeness (QED) is 0.752. The van der Waals surface area contributed by atoms with Crippen LogP contribution in [0.15, 0.2) is 45.6 Å². The summed E-state index contributed by atoms with van der Waals surface area (Å²) in [6.45, 7) is 2.71. The van der Waals surface area contributed by atoms with E-state index < -0.39 is 10.0 Å². The van der Waals surface area contributed by atoms with Crippen molar-refractivity contribution < 1.29 is 13.2 Å². The summed E-state index contributed by atoms with van der Waals surface area (Å²) in [5, 5.41) is 7.02. The van der Waals surface area contributed by atoms with E-state index in [9.17, 15) is 13.2 Å². The molecule has 2 heterocycles. The van der Waals surface area contributed by atoms with Crippen LogP contribution in [-0.2, 0) is 16.6 Å². The minimum Gasteiger partial charge on any atom is -0.316 e. The Balaban J connectivity index is 2.19. The van der Waals surface area contributed by atoms with Gasteiger partial charge in [0.05, 0.1) is 20.0 Å². The third kappa shape index (κ3) is 3.34. The SMILES string of the molecule is CCCn1c(=NC(=O)c2cccs2)sc2cc(S(N)(=O)=O)ccc21. The smallest absolute Gasteiger partial charge is 0.289 e. The van der Waals surface area contributed by atoms with Crippen LogP contribution in [0.4, 0.5) is 0 Å². The van der Waals surface area contributed by atoms with Crippen molar-refractivity contribution in [1.29, 1.82) is 0 Å². The number of primary sulfonamides is 1. The highest BCUT2D eigenvalue weighted by atomic mass is 32.2. The zero-order valence-electron chi connectivity index (χ0n) is 12.8. The molecule has 0 aliphatic rings. The van der Waals surface area contributed by atoms with Crippen molar-refractivity contribution in [2.45, 2.75) is 24.8 Å². The first-order chi connectivity index (χ1) is 11.4. The van der Waals surface area contributed by atoms with E-state index >= 15 is 0 Å². The van der Waals surface area contributed by atoms with E-state index in [1.54, 1.807) is 18.2 Å². The molecule has 0 aliphatic heterocycles. The van der Waals surface area contributed by atoms with Crippen molar-refractivity contribution in [3.63, 3.8) is 0 Å². The number of benzene rings is 1. The Hall–Kier alpha value is -1.81. The van der Waals surface area contributed by atoms with Gasteiger partial charge in [0.1, 0.15) is 0 Å². The molecule has 0 bridgehead atoms. The number of nitrogens with two attached hydrogens (primary N) is 1. The summed E-state index contributed by atoms with van der Waals surface area (Å²) in [4.78, 5) is 17.7. The van der Waals surface area contributed by atoms with E-state index in [0.717, 1.165) is 16.6 Å². The van der Waals surface area contributed by atoms with Crippen LogP contribution < -0.4 is 9.94 Å². The van der Waals surface area contributed by atoms with Crippen molar-refractivity contribution in [1.82, 2.24) is 4.57 Å². The van der Waals surface area contributed by atoms with Gasteiger partial charge in [-0.05, 0) is 36.1 Å². The fourth-order valence-electron chi connectivity index (χ4n) is 2.30. The van der Waals surface area contributed by atoms with Crippen molar-refractivity contribution >= 4 is 48.8 Å². The molecule has 3 rings (SSSR count). The molecule has 0 radical (unpaired) electrons. The van der Waals surface area contributed by atoms with Crippen LogP contribution in [0.1, 0.15) is 23.0 Å². The molecule has 0 unspecified atom stereocenters. The summed E-state index contributed by atoms with van der Waals surface area (Å²) in [6, 6.07) is 8.23. The predicted octanol–water partition coefficient (Wildman–Crippen LogP) is 2.56. The largest absolute Gasteiger partial charge is 0.316 e. The second-order valence-electron chi connectivity index (χ2n) is 5.11. The van der Waals surface area contributed by atoms with Gasteiger partial charge in [-0.15, -0.1) is 11.3 Å². The van der Waals surface area contributed by atoms with Gasteiger partial charge in [-0.1, -0.05) is 24.3 Å². The lowest BCUT2D eigenvalue weighted by atomic mass is 10.3. The fraction of sp³-hybridized carbons (Fsp3) is 0.200. The predicted molar refractivity (Wildman–Crippen MR) is 95.7 cm³/mol. The molecule has 0 atom stereocenters. The first-order valence-corrected chi connectivity index (χ1v) is 10.4. The molecule has 126 valence electrons. The number of carbonyl (C=O) groups excluding carboxylic acids is 1. The molecule has 2 aromatic heterocycles. The molecule has 0 saturated heterocycles. The van der Waals surface area contributed by atoms with Crippen LogP contribution in [0.2, 0.25) is 0 Å². The molecular weight excluding hydrogens is 366 g/mol. The Bertz CT molecular complexity index is 1060. The Morgan fingerprint density at radius 3 is 2.75 bits per heavy atom. The molecule has 3 aromatic rings. The molecule has 24 heavy (non-hydrogen) atoms. The molecule has 9 heteroatoms. The standard InChI is InChI=1S/C15H15N3O3S3/c1-2-7-18-11-6-5-10(24(16,20)21)9-13(11)23-15(18)17-14(19)12-4-3-8-22-12/h3-6,8-9H,2,7H2,1H3,(H2,16,20,21). The third-order valence-corrected chi connectivity index (χ3v) is 6.17. The molecule has 0 saturated carbocycles. The second kappa shape index (κ2) is 6.60. The van der Waals surface area contributed by atoms with Gasteiger partial charge in [0.25, 0.3) is 5.91 Å². The summed E-state index contributed by atoms with van der Waals surface area (Å²) in [5.41, 5.74) is 0.840. The van der Waals surface area contributed by atoms with Crippen LogP contribution >= 0.6 is 22.7 Å². The Kier molecular flexibility index (Phi) is 4.68. The van der Waals surface area contributed by atoms with Crippen LogP contribution in [0, 0.1) is 0 Å². The van der Waals surface area contributed by atoms with Crippen LogP contribution in [0.25, 0.3) is 10.2 Å². The highest BCUT2D eigenvalue weighted by molar-refractivity contribution is 7.89. The van der Waals surface area contributed by atoms with Crippen LogP contribution in [0.5, 0.6) is 0 Å². The van der Waals surface area contributed by atoms with Gasteiger partial charge in [0, 0.05) is 6.54 Å². The zero-order valence-corrected chi connectivity index (χ0v) is 15.2. The minimum atomic E-state index is -3.77. The van der Waals surface area contributed by atoms with Gasteiger partial charge < -0.3 is 4.57 Å². The lowest BCUT2D eigenvalue weighted by molar-refractivity contribution is 0.100. The van der Waals surface area contributed by atoms with E-state index in [-0.39, 0.29) is 10.8 Å². The number of nitrogens with zero attached hydrogens (tertiary/aromatic N) is 2. The number of sulfonamides is 1. The number of aryl methyl sites for hydroxylation is 1. The lowest BCUT2D eigenvalue weighted by Gasteiger charge is -2.03. The number of aromatic nitrogens is 1. The van der Waals surface area contributed by atoms with Crippen LogP contribution in [0.3, 0.4) is 0 Å². The summed E-state index contributed by atoms with van der Waals surface area (Å²) in [7, 11) is -3.77. The van der Waals surface area contributed by atoms with Gasteiger partial charge in [-0.3, -0.25) is 4.79 Å². The second-order valence-corrected chi connectivity index (χ2v) is 8.62. The van der Waals surface area contributed by atoms with Gasteiger partial charge in [-0.25, -0.2) is 13.6 Å². The van der Waals surface area contributed by atoms with Gasteiger partial charge in [0.2, 0.25) is 10.0 Å². The molecule has 0 spiro atoms. The van der Waals surface area contributed by atoms with E-state index in [4.69, 9.17) is 5.14 Å². The van der Waals surface area contributed by atoms with Crippen molar-refractivity contribution in [3.05, 3.63) is 45.4 Å². The fourth-order valence-corrected chi connectivity index (χ4v) is 4.61. The number of rotatable bonds is 4. The van der Waals surface area contributed by atoms with Crippen molar-refractivity contribution in [2.24, 2.45) is 10.1 Å². The lowest BCUT2D eigenvalue weighted by Crippen LogP contribution is -2.16. The van der Waals surface area contributed by atoms with Gasteiger partial charge >= 0.3 is 0 Å². The van der Waals surface area contributed by atoms with Crippen LogP contribution in [-0.4, -0.2) is 18.9 Å². The van der Waals surface area contributed by atoms with Gasteiger partial charge in [-0.2, -0.15) is 4.99 Å². The number of hydrogen-bond acceptors (Lipinski definition) is 5. The topological polar surface area (TPSA) is 94.5 Å². The first-order valence-electron chi connectivity index (χ1n) is 7.19. The average Bonchev–Trinajstić information content (AvgIpc) is 3.15. The average molecular weight is 382 g/mol. The summed E-state index contributed by atoms with van der Waals surface area (Å²) >= 11 is 2.62. The monoisotopic (exact) mass is 381 g/mol. The molecule has 0 fully saturated rings. The molecule has 2 N–H and O–H groups in total. The molecular formula is C15H15N3O3S3. The first kappa shape index (κ1) is 17.0. The molecule has 6 nitrogen and oxygen atoms in total. The summed E-state index contributed by atoms with van der Waals surface area (Å²) < 4.78 is 25.7. The highest BCUT2D eigenvalue weighted by Gasteiger charge is 2.13. The number of amides is 1. The van der Waals surface area contributed by atoms with E-state index in [0.29, 0.717) is 16.2 Å². The minimum absolute atomic E-state index is 0.0519. The molecule has 1 amide bonds. The normalized spacial score (nSPS) is 12.8. The van der Waals surface area contributed by atoms with Crippen molar-refractivity contribution in [3.8, 4) is 0 Å². The number of carbonyl (C=O) groups is 1. The number of fused-ring (bicyclic) bond motifs is 1. The van der Waals surface area contributed by atoms with E-state index in [2.05, 4.69) is 4.99 Å². The molecule has 1 aromatic carbocycles. The Labute approximate surface area is 146 Å². The van der Waals surface area contributed by atoms with E-state index in [1.807, 2.05) is 16.9 Å². The number of hydrogen-bond donors (Lipinski definition) is 1. The van der Waals surface area contributed by atoms with Crippen molar-refractivity contribution in [2.75, 3.05) is 0 Å². The van der Waals surface area contributed by atoms with E-state index in [1.165, 1.54) is 34.8 Å². The maximum absolute atomic E-state index is 12.3. The number of thiophene rings is 1. The zero-order chi connectivity index (χ0) is 17.3. The summed E-state index contributed by atoms with van der Waals surface area (Å²) in [5.74, 6) is -0.298. The Morgan fingerprint density at radius 1 is 1.33 bits per heavy atom.